The molecular weight excluding hydrogens is 418 g/mol. The third-order valence-corrected chi connectivity index (χ3v) is 6.65. The average molecular weight is 454 g/mol. The monoisotopic (exact) mass is 453 g/mol. The van der Waals surface area contributed by atoms with Gasteiger partial charge >= 0.3 is 0 Å². The van der Waals surface area contributed by atoms with E-state index in [0.29, 0.717) is 50.1 Å². The molecule has 1 aromatic carbocycles. The number of rotatable bonds is 7. The molecule has 0 atom stereocenters. The van der Waals surface area contributed by atoms with Crippen LogP contribution in [0.3, 0.4) is 0 Å². The maximum atomic E-state index is 12.7. The molecule has 178 valence electrons. The Morgan fingerprint density at radius 3 is 2.24 bits per heavy atom. The first-order chi connectivity index (χ1) is 16.0. The number of carbonyl (C=O) groups is 2. The van der Waals surface area contributed by atoms with Crippen LogP contribution in [0.4, 0.5) is 0 Å². The summed E-state index contributed by atoms with van der Waals surface area (Å²) in [4.78, 5) is 35.6. The van der Waals surface area contributed by atoms with E-state index in [4.69, 9.17) is 4.52 Å². The van der Waals surface area contributed by atoms with E-state index >= 15 is 0 Å². The Balaban J connectivity index is 1.20. The van der Waals surface area contributed by atoms with Crippen molar-refractivity contribution in [3.8, 4) is 11.4 Å². The zero-order valence-corrected chi connectivity index (χ0v) is 19.8. The zero-order valence-electron chi connectivity index (χ0n) is 19.8. The minimum absolute atomic E-state index is 0.0954. The van der Waals surface area contributed by atoms with Crippen LogP contribution in [0, 0.1) is 0 Å². The number of aromatic nitrogens is 2. The Morgan fingerprint density at radius 2 is 1.58 bits per heavy atom. The lowest BCUT2D eigenvalue weighted by Gasteiger charge is -2.36. The smallest absolute Gasteiger partial charge is 0.236 e. The molecule has 0 aliphatic carbocycles. The molecule has 3 heterocycles. The highest BCUT2D eigenvalue weighted by Crippen LogP contribution is 2.21. The first-order valence-electron chi connectivity index (χ1n) is 12.2. The summed E-state index contributed by atoms with van der Waals surface area (Å²) in [7, 11) is 0. The second kappa shape index (κ2) is 10.9. The van der Waals surface area contributed by atoms with Gasteiger partial charge in [0.1, 0.15) is 0 Å². The molecule has 2 aliphatic heterocycles. The van der Waals surface area contributed by atoms with Gasteiger partial charge in [0.05, 0.1) is 6.54 Å². The summed E-state index contributed by atoms with van der Waals surface area (Å²) in [6.45, 7) is 9.35. The van der Waals surface area contributed by atoms with Gasteiger partial charge in [-0.25, -0.2) is 0 Å². The normalized spacial score (nSPS) is 17.5. The van der Waals surface area contributed by atoms with Crippen molar-refractivity contribution in [3.05, 3.63) is 35.7 Å². The fourth-order valence-electron chi connectivity index (χ4n) is 4.45. The van der Waals surface area contributed by atoms with E-state index < -0.39 is 0 Å². The van der Waals surface area contributed by atoms with Crippen LogP contribution < -0.4 is 0 Å². The van der Waals surface area contributed by atoms with E-state index in [1.54, 1.807) is 0 Å². The molecule has 0 bridgehead atoms. The van der Waals surface area contributed by atoms with Crippen molar-refractivity contribution in [1.29, 1.82) is 0 Å². The van der Waals surface area contributed by atoms with E-state index in [0.717, 1.165) is 44.6 Å². The van der Waals surface area contributed by atoms with Crippen LogP contribution in [0.1, 0.15) is 56.9 Å². The van der Waals surface area contributed by atoms with E-state index in [1.165, 1.54) is 12.0 Å². The minimum Gasteiger partial charge on any atom is -0.342 e. The van der Waals surface area contributed by atoms with Gasteiger partial charge in [-0.3, -0.25) is 14.5 Å². The van der Waals surface area contributed by atoms with Crippen molar-refractivity contribution in [2.45, 2.75) is 51.9 Å². The SMILES string of the molecule is CC(C)c1ccc(-c2noc(CCC(=O)N3CCN(CC(=O)N4CCCCC4)CC3)n2)cc1. The number of amides is 2. The standard InChI is InChI=1S/C25H35N5O3/c1-19(2)20-6-8-21(9-7-20)25-26-22(33-27-25)10-11-23(31)30-16-14-28(15-17-30)18-24(32)29-12-4-3-5-13-29/h6-9,19H,3-5,10-18H2,1-2H3. The van der Waals surface area contributed by atoms with Crippen LogP contribution in [-0.4, -0.2) is 82.5 Å². The molecule has 33 heavy (non-hydrogen) atoms. The Morgan fingerprint density at radius 1 is 0.909 bits per heavy atom. The van der Waals surface area contributed by atoms with E-state index in [-0.39, 0.29) is 11.8 Å². The molecule has 0 radical (unpaired) electrons. The average Bonchev–Trinajstić information content (AvgIpc) is 3.33. The molecule has 0 saturated carbocycles. The van der Waals surface area contributed by atoms with E-state index in [2.05, 4.69) is 41.0 Å². The molecule has 8 nitrogen and oxygen atoms in total. The molecule has 1 aromatic heterocycles. The Hall–Kier alpha value is -2.74. The molecule has 8 heteroatoms. The highest BCUT2D eigenvalue weighted by Gasteiger charge is 2.25. The molecule has 0 N–H and O–H groups in total. The lowest BCUT2D eigenvalue weighted by Crippen LogP contribution is -2.52. The quantitative estimate of drug-likeness (QED) is 0.641. The topological polar surface area (TPSA) is 82.8 Å². The number of piperazine rings is 1. The van der Waals surface area contributed by atoms with Crippen molar-refractivity contribution < 1.29 is 14.1 Å². The van der Waals surface area contributed by atoms with Crippen LogP contribution in [0.15, 0.2) is 28.8 Å². The first kappa shape index (κ1) is 23.4. The summed E-state index contributed by atoms with van der Waals surface area (Å²) < 4.78 is 5.37. The number of hydrogen-bond donors (Lipinski definition) is 0. The van der Waals surface area contributed by atoms with Gasteiger partial charge in [-0.2, -0.15) is 4.98 Å². The highest BCUT2D eigenvalue weighted by atomic mass is 16.5. The molecule has 2 saturated heterocycles. The number of likely N-dealkylation sites (tertiary alicyclic amines) is 1. The zero-order chi connectivity index (χ0) is 23.2. The summed E-state index contributed by atoms with van der Waals surface area (Å²) in [5, 5.41) is 4.07. The van der Waals surface area contributed by atoms with Gasteiger partial charge in [-0.15, -0.1) is 0 Å². The number of nitrogens with zero attached hydrogens (tertiary/aromatic N) is 5. The van der Waals surface area contributed by atoms with Gasteiger partial charge in [0, 0.05) is 57.7 Å². The van der Waals surface area contributed by atoms with Gasteiger partial charge in [0.2, 0.25) is 23.5 Å². The summed E-state index contributed by atoms with van der Waals surface area (Å²) in [6, 6.07) is 8.17. The number of carbonyl (C=O) groups excluding carboxylic acids is 2. The van der Waals surface area contributed by atoms with Crippen molar-refractivity contribution in [2.24, 2.45) is 0 Å². The summed E-state index contributed by atoms with van der Waals surface area (Å²) >= 11 is 0. The molecule has 0 unspecified atom stereocenters. The molecule has 2 fully saturated rings. The van der Waals surface area contributed by atoms with Crippen molar-refractivity contribution >= 4 is 11.8 Å². The van der Waals surface area contributed by atoms with Crippen molar-refractivity contribution in [2.75, 3.05) is 45.8 Å². The predicted molar refractivity (Wildman–Crippen MR) is 126 cm³/mol. The van der Waals surface area contributed by atoms with Crippen LogP contribution in [0.5, 0.6) is 0 Å². The van der Waals surface area contributed by atoms with Crippen molar-refractivity contribution in [1.82, 2.24) is 24.8 Å². The van der Waals surface area contributed by atoms with E-state index in [1.807, 2.05) is 21.9 Å². The van der Waals surface area contributed by atoms with Gasteiger partial charge in [-0.05, 0) is 30.7 Å². The summed E-state index contributed by atoms with van der Waals surface area (Å²) in [5.74, 6) is 1.83. The Labute approximate surface area is 195 Å². The lowest BCUT2D eigenvalue weighted by molar-refractivity contribution is -0.135. The van der Waals surface area contributed by atoms with Gasteiger partial charge in [0.25, 0.3) is 0 Å². The number of hydrogen-bond acceptors (Lipinski definition) is 6. The number of aryl methyl sites for hydroxylation is 1. The van der Waals surface area contributed by atoms with Crippen LogP contribution in [-0.2, 0) is 16.0 Å². The van der Waals surface area contributed by atoms with Gasteiger partial charge < -0.3 is 14.3 Å². The summed E-state index contributed by atoms with van der Waals surface area (Å²) in [5.41, 5.74) is 2.18. The third kappa shape index (κ3) is 6.19. The van der Waals surface area contributed by atoms with Crippen LogP contribution in [0.25, 0.3) is 11.4 Å². The van der Waals surface area contributed by atoms with Gasteiger partial charge in [-0.1, -0.05) is 43.3 Å². The highest BCUT2D eigenvalue weighted by molar-refractivity contribution is 5.78. The minimum atomic E-state index is 0.0954. The van der Waals surface area contributed by atoms with Crippen LogP contribution >= 0.6 is 0 Å². The molecule has 2 amide bonds. The maximum absolute atomic E-state index is 12.7. The first-order valence-corrected chi connectivity index (χ1v) is 12.2. The predicted octanol–water partition coefficient (Wildman–Crippen LogP) is 2.95. The lowest BCUT2D eigenvalue weighted by atomic mass is 10.0. The third-order valence-electron chi connectivity index (χ3n) is 6.65. The van der Waals surface area contributed by atoms with Gasteiger partial charge in [0.15, 0.2) is 0 Å². The fraction of sp³-hybridized carbons (Fsp3) is 0.600. The Bertz CT molecular complexity index is 926. The second-order valence-corrected chi connectivity index (χ2v) is 9.39. The molecule has 4 rings (SSSR count). The largest absolute Gasteiger partial charge is 0.342 e. The molecule has 0 spiro atoms. The summed E-state index contributed by atoms with van der Waals surface area (Å²) in [6.07, 6.45) is 4.23. The maximum Gasteiger partial charge on any atom is 0.236 e. The van der Waals surface area contributed by atoms with Crippen LogP contribution in [0.2, 0.25) is 0 Å². The fourth-order valence-corrected chi connectivity index (χ4v) is 4.45. The molecule has 2 aliphatic rings. The van der Waals surface area contributed by atoms with Crippen molar-refractivity contribution in [3.63, 3.8) is 0 Å². The van der Waals surface area contributed by atoms with E-state index in [9.17, 15) is 9.59 Å². The Kier molecular flexibility index (Phi) is 7.75. The molecular formula is C25H35N5O3. The molecule has 2 aromatic rings. The number of benzene rings is 1. The number of piperidine rings is 1. The second-order valence-electron chi connectivity index (χ2n) is 9.39.